The molecule has 2 heterocycles. The van der Waals surface area contributed by atoms with Gasteiger partial charge in [-0.05, 0) is 13.0 Å². The molecule has 2 N–H and O–H groups in total. The number of aromatic nitrogens is 2. The van der Waals surface area contributed by atoms with Crippen LogP contribution in [0, 0.1) is 5.82 Å². The normalized spacial score (nSPS) is 11.3. The predicted molar refractivity (Wildman–Crippen MR) is 107 cm³/mol. The molecular formula is C16H19FIN5S. The molecule has 3 aromatic rings. The van der Waals surface area contributed by atoms with E-state index in [-0.39, 0.29) is 29.8 Å². The van der Waals surface area contributed by atoms with Crippen LogP contribution in [-0.2, 0) is 13.1 Å². The zero-order valence-corrected chi connectivity index (χ0v) is 16.3. The van der Waals surface area contributed by atoms with E-state index in [9.17, 15) is 4.39 Å². The highest BCUT2D eigenvalue weighted by Gasteiger charge is 2.05. The van der Waals surface area contributed by atoms with E-state index in [1.807, 2.05) is 35.2 Å². The fourth-order valence-corrected chi connectivity index (χ4v) is 2.89. The van der Waals surface area contributed by atoms with E-state index >= 15 is 0 Å². The second kappa shape index (κ2) is 8.97. The molecular weight excluding hydrogens is 440 g/mol. The van der Waals surface area contributed by atoms with E-state index in [0.717, 1.165) is 17.2 Å². The molecule has 128 valence electrons. The second-order valence-corrected chi connectivity index (χ2v) is 5.84. The van der Waals surface area contributed by atoms with E-state index in [0.29, 0.717) is 24.6 Å². The standard InChI is InChI=1S/C16H18FN5S.HI/c1-2-18-15(19-9-12-5-3-4-6-14(12)17)20-10-13-11-22-7-8-23-16(22)21-13;/h3-8,11H,2,9-10H2,1H3,(H2,18,19,20);1H. The maximum Gasteiger partial charge on any atom is 0.193 e. The smallest absolute Gasteiger partial charge is 0.193 e. The SMILES string of the molecule is CCNC(=NCc1ccccc1F)NCc1cn2ccsc2n1.I. The minimum absolute atomic E-state index is 0. The van der Waals surface area contributed by atoms with E-state index in [1.54, 1.807) is 23.5 Å². The number of hydrogen-bond acceptors (Lipinski definition) is 3. The van der Waals surface area contributed by atoms with Gasteiger partial charge >= 0.3 is 0 Å². The molecule has 3 rings (SSSR count). The van der Waals surface area contributed by atoms with Crippen molar-refractivity contribution in [3.05, 3.63) is 59.1 Å². The quantitative estimate of drug-likeness (QED) is 0.350. The van der Waals surface area contributed by atoms with Gasteiger partial charge in [0.2, 0.25) is 0 Å². The molecule has 0 aliphatic heterocycles. The van der Waals surface area contributed by atoms with Crippen LogP contribution in [0.4, 0.5) is 4.39 Å². The summed E-state index contributed by atoms with van der Waals surface area (Å²) in [5, 5.41) is 8.38. The van der Waals surface area contributed by atoms with Gasteiger partial charge in [0.15, 0.2) is 10.9 Å². The van der Waals surface area contributed by atoms with Crippen molar-refractivity contribution in [1.82, 2.24) is 20.0 Å². The number of nitrogens with one attached hydrogen (secondary N) is 2. The van der Waals surface area contributed by atoms with Gasteiger partial charge in [0.05, 0.1) is 18.8 Å². The fraction of sp³-hybridized carbons (Fsp3) is 0.250. The number of imidazole rings is 1. The molecule has 8 heteroatoms. The van der Waals surface area contributed by atoms with Gasteiger partial charge < -0.3 is 10.6 Å². The number of halogens is 2. The van der Waals surface area contributed by atoms with Gasteiger partial charge in [0, 0.05) is 29.9 Å². The number of nitrogens with zero attached hydrogens (tertiary/aromatic N) is 3. The van der Waals surface area contributed by atoms with Crippen LogP contribution in [0.25, 0.3) is 4.96 Å². The van der Waals surface area contributed by atoms with Crippen molar-refractivity contribution in [2.75, 3.05) is 6.54 Å². The van der Waals surface area contributed by atoms with Crippen LogP contribution in [0.1, 0.15) is 18.2 Å². The molecule has 0 saturated heterocycles. The van der Waals surface area contributed by atoms with Crippen molar-refractivity contribution >= 4 is 46.2 Å². The predicted octanol–water partition coefficient (Wildman–Crippen LogP) is 3.41. The maximum absolute atomic E-state index is 13.6. The number of rotatable bonds is 5. The molecule has 2 aromatic heterocycles. The van der Waals surface area contributed by atoms with E-state index in [4.69, 9.17) is 0 Å². The van der Waals surface area contributed by atoms with Crippen LogP contribution < -0.4 is 10.6 Å². The van der Waals surface area contributed by atoms with Gasteiger partial charge in [-0.2, -0.15) is 0 Å². The van der Waals surface area contributed by atoms with E-state index in [1.165, 1.54) is 6.07 Å². The van der Waals surface area contributed by atoms with Crippen molar-refractivity contribution in [3.8, 4) is 0 Å². The van der Waals surface area contributed by atoms with Gasteiger partial charge in [0.25, 0.3) is 0 Å². The molecule has 0 spiro atoms. The third-order valence-electron chi connectivity index (χ3n) is 3.29. The lowest BCUT2D eigenvalue weighted by Gasteiger charge is -2.10. The van der Waals surface area contributed by atoms with Crippen LogP contribution in [-0.4, -0.2) is 21.9 Å². The summed E-state index contributed by atoms with van der Waals surface area (Å²) >= 11 is 1.60. The van der Waals surface area contributed by atoms with Crippen LogP contribution >= 0.6 is 35.3 Å². The highest BCUT2D eigenvalue weighted by atomic mass is 127. The first kappa shape index (κ1) is 18.7. The Balaban J connectivity index is 0.00000208. The summed E-state index contributed by atoms with van der Waals surface area (Å²) in [6.45, 7) is 3.59. The Morgan fingerprint density at radius 2 is 2.17 bits per heavy atom. The molecule has 0 radical (unpaired) electrons. The molecule has 0 amide bonds. The minimum atomic E-state index is -0.235. The molecule has 0 unspecified atom stereocenters. The fourth-order valence-electron chi connectivity index (χ4n) is 2.17. The van der Waals surface area contributed by atoms with E-state index in [2.05, 4.69) is 20.6 Å². The van der Waals surface area contributed by atoms with Crippen molar-refractivity contribution in [2.24, 2.45) is 4.99 Å². The van der Waals surface area contributed by atoms with Crippen molar-refractivity contribution in [3.63, 3.8) is 0 Å². The summed E-state index contributed by atoms with van der Waals surface area (Å²) in [4.78, 5) is 9.90. The molecule has 1 aromatic carbocycles. The van der Waals surface area contributed by atoms with Crippen LogP contribution in [0.15, 0.2) is 47.0 Å². The first-order chi connectivity index (χ1) is 11.3. The Hall–Kier alpha value is -1.68. The average Bonchev–Trinajstić information content (AvgIpc) is 3.12. The van der Waals surface area contributed by atoms with Gasteiger partial charge in [-0.1, -0.05) is 18.2 Å². The highest BCUT2D eigenvalue weighted by molar-refractivity contribution is 14.0. The van der Waals surface area contributed by atoms with Gasteiger partial charge in [0.1, 0.15) is 5.82 Å². The molecule has 5 nitrogen and oxygen atoms in total. The number of aliphatic imine (C=N–C) groups is 1. The third-order valence-corrected chi connectivity index (χ3v) is 4.06. The Morgan fingerprint density at radius 3 is 2.92 bits per heavy atom. The number of thiazole rings is 1. The molecule has 0 aliphatic carbocycles. The Labute approximate surface area is 161 Å². The summed E-state index contributed by atoms with van der Waals surface area (Å²) in [5.41, 5.74) is 1.51. The minimum Gasteiger partial charge on any atom is -0.357 e. The van der Waals surface area contributed by atoms with Crippen molar-refractivity contribution in [1.29, 1.82) is 0 Å². The summed E-state index contributed by atoms with van der Waals surface area (Å²) < 4.78 is 15.6. The van der Waals surface area contributed by atoms with Gasteiger partial charge in [-0.25, -0.2) is 14.4 Å². The lowest BCUT2D eigenvalue weighted by atomic mass is 10.2. The van der Waals surface area contributed by atoms with E-state index < -0.39 is 0 Å². The molecule has 0 atom stereocenters. The maximum atomic E-state index is 13.6. The molecule has 0 saturated carbocycles. The molecule has 0 fully saturated rings. The van der Waals surface area contributed by atoms with Crippen LogP contribution in [0.2, 0.25) is 0 Å². The monoisotopic (exact) mass is 459 g/mol. The topological polar surface area (TPSA) is 53.7 Å². The lowest BCUT2D eigenvalue weighted by Crippen LogP contribution is -2.36. The van der Waals surface area contributed by atoms with Gasteiger partial charge in [-0.15, -0.1) is 35.3 Å². The largest absolute Gasteiger partial charge is 0.357 e. The second-order valence-electron chi connectivity index (χ2n) is 4.97. The first-order valence-electron chi connectivity index (χ1n) is 7.43. The van der Waals surface area contributed by atoms with Crippen LogP contribution in [0.5, 0.6) is 0 Å². The average molecular weight is 459 g/mol. The van der Waals surface area contributed by atoms with Crippen LogP contribution in [0.3, 0.4) is 0 Å². The number of hydrogen-bond donors (Lipinski definition) is 2. The Morgan fingerprint density at radius 1 is 1.33 bits per heavy atom. The number of benzene rings is 1. The molecule has 24 heavy (non-hydrogen) atoms. The zero-order valence-electron chi connectivity index (χ0n) is 13.2. The molecule has 0 aliphatic rings. The van der Waals surface area contributed by atoms with Crippen molar-refractivity contribution < 1.29 is 4.39 Å². The summed E-state index contributed by atoms with van der Waals surface area (Å²) in [6.07, 6.45) is 3.97. The van der Waals surface area contributed by atoms with Crippen molar-refractivity contribution in [2.45, 2.75) is 20.0 Å². The Bertz CT molecular complexity index is 785. The summed E-state index contributed by atoms with van der Waals surface area (Å²) in [6, 6.07) is 6.68. The first-order valence-corrected chi connectivity index (χ1v) is 8.31. The number of fused-ring (bicyclic) bond motifs is 1. The van der Waals surface area contributed by atoms with Gasteiger partial charge in [-0.3, -0.25) is 4.40 Å². The Kier molecular flexibility index (Phi) is 6.98. The third kappa shape index (κ3) is 4.67. The zero-order chi connectivity index (χ0) is 16.1. The number of guanidine groups is 1. The highest BCUT2D eigenvalue weighted by Crippen LogP contribution is 2.11. The summed E-state index contributed by atoms with van der Waals surface area (Å²) in [7, 11) is 0. The lowest BCUT2D eigenvalue weighted by molar-refractivity contribution is 0.610. The molecule has 0 bridgehead atoms. The summed E-state index contributed by atoms with van der Waals surface area (Å²) in [5.74, 6) is 0.411.